The molecule has 2 rings (SSSR count). The van der Waals surface area contributed by atoms with Crippen molar-refractivity contribution in [3.63, 3.8) is 0 Å². The fourth-order valence-corrected chi connectivity index (χ4v) is 3.12. The molecule has 0 aliphatic heterocycles. The van der Waals surface area contributed by atoms with Crippen LogP contribution in [0.4, 0.5) is 0 Å². The molecule has 4 heteroatoms. The summed E-state index contributed by atoms with van der Waals surface area (Å²) in [6, 6.07) is 0. The van der Waals surface area contributed by atoms with Crippen LogP contribution in [0.1, 0.15) is 22.5 Å². The largest absolute Gasteiger partial charge is 0.428 e. The summed E-state index contributed by atoms with van der Waals surface area (Å²) in [5.41, 5.74) is 6.21. The Morgan fingerprint density at radius 1 is 1.08 bits per heavy atom. The van der Waals surface area contributed by atoms with Crippen molar-refractivity contribution in [1.29, 1.82) is 0 Å². The van der Waals surface area contributed by atoms with Crippen LogP contribution in [0, 0.1) is 6.92 Å². The molecule has 0 atom stereocenters. The van der Waals surface area contributed by atoms with Gasteiger partial charge in [0.2, 0.25) is 0 Å². The Bertz CT molecular complexity index is 1000. The molecule has 2 aromatic rings. The summed E-state index contributed by atoms with van der Waals surface area (Å²) in [7, 11) is 0. The second-order valence-electron chi connectivity index (χ2n) is 5.34. The molecule has 0 aliphatic rings. The Morgan fingerprint density at radius 3 is 2.32 bits per heavy atom. The number of nitrogens with one attached hydrogen (secondary N) is 1. The van der Waals surface area contributed by atoms with Crippen LogP contribution < -0.4 is 10.6 Å². The molecular weight excluding hydrogens is 332 g/mol. The summed E-state index contributed by atoms with van der Waals surface area (Å²) in [6.07, 6.45) is 12.2. The summed E-state index contributed by atoms with van der Waals surface area (Å²) in [5, 5.41) is 12.0. The van der Waals surface area contributed by atoms with Crippen molar-refractivity contribution in [2.75, 3.05) is 0 Å². The molecule has 25 heavy (non-hydrogen) atoms. The second kappa shape index (κ2) is 7.77. The topological polar surface area (TPSA) is 41.0 Å². The third-order valence-corrected chi connectivity index (χ3v) is 4.17. The molecule has 0 radical (unpaired) electrons. The van der Waals surface area contributed by atoms with Crippen LogP contribution in [-0.4, -0.2) is 14.9 Å². The normalized spacial score (nSPS) is 12.7. The van der Waals surface area contributed by atoms with Gasteiger partial charge in [-0.3, -0.25) is 0 Å². The number of nitrogens with zero attached hydrogens (tertiary/aromatic N) is 1. The summed E-state index contributed by atoms with van der Waals surface area (Å²) >= 11 is 6.02. The van der Waals surface area contributed by atoms with Crippen LogP contribution >= 0.6 is 11.6 Å². The van der Waals surface area contributed by atoms with Crippen molar-refractivity contribution in [3.8, 4) is 11.3 Å². The lowest BCUT2D eigenvalue weighted by Gasteiger charge is -2.07. The van der Waals surface area contributed by atoms with Gasteiger partial charge in [0.05, 0.1) is 11.0 Å². The number of hydrogen-bond acceptors (Lipinski definition) is 1. The lowest BCUT2D eigenvalue weighted by molar-refractivity contribution is 0.183. The van der Waals surface area contributed by atoms with Crippen LogP contribution in [0.3, 0.4) is 0 Å². The molecule has 128 valence electrons. The molecule has 3 nitrogen and oxygen atoms in total. The lowest BCUT2D eigenvalue weighted by atomic mass is 10.0. The van der Waals surface area contributed by atoms with E-state index in [-0.39, 0.29) is 0 Å². The van der Waals surface area contributed by atoms with Gasteiger partial charge < -0.3 is 10.2 Å². The van der Waals surface area contributed by atoms with E-state index in [1.807, 2.05) is 19.1 Å². The minimum absolute atomic E-state index is 0.530. The first-order valence-electron chi connectivity index (χ1n) is 7.69. The van der Waals surface area contributed by atoms with E-state index in [2.05, 4.69) is 31.3 Å². The van der Waals surface area contributed by atoms with Crippen molar-refractivity contribution < 1.29 is 5.21 Å². The number of aromatic nitrogens is 2. The SMILES string of the molecule is C=C/C=C\c1c(C)[nH]c(C=C)c1-c1c(C=C)c(=C/Cl)/c(=C\C=C)n1O. The fraction of sp³-hybridized carbons (Fsp3) is 0.0476. The highest BCUT2D eigenvalue weighted by atomic mass is 35.5. The Hall–Kier alpha value is -2.91. The smallest absolute Gasteiger partial charge is 0.0978 e. The van der Waals surface area contributed by atoms with E-state index in [0.717, 1.165) is 32.8 Å². The average Bonchev–Trinajstić information content (AvgIpc) is 3.06. The average molecular weight is 353 g/mol. The Balaban J connectivity index is 3.07. The number of aromatic amines is 1. The Morgan fingerprint density at radius 2 is 1.80 bits per heavy atom. The van der Waals surface area contributed by atoms with Crippen LogP contribution in [0.15, 0.2) is 44.5 Å². The fourth-order valence-electron chi connectivity index (χ4n) is 2.89. The van der Waals surface area contributed by atoms with E-state index in [4.69, 9.17) is 11.6 Å². The van der Waals surface area contributed by atoms with E-state index in [1.54, 1.807) is 30.4 Å². The molecule has 0 saturated heterocycles. The Kier molecular flexibility index (Phi) is 5.73. The summed E-state index contributed by atoms with van der Waals surface area (Å²) in [4.78, 5) is 3.29. The van der Waals surface area contributed by atoms with Gasteiger partial charge in [-0.05, 0) is 19.1 Å². The zero-order chi connectivity index (χ0) is 18.6. The Labute approximate surface area is 152 Å². The third-order valence-electron chi connectivity index (χ3n) is 3.95. The molecule has 2 aromatic heterocycles. The van der Waals surface area contributed by atoms with Crippen molar-refractivity contribution >= 4 is 41.4 Å². The minimum atomic E-state index is 0.530. The maximum absolute atomic E-state index is 10.8. The van der Waals surface area contributed by atoms with Gasteiger partial charge in [0.15, 0.2) is 0 Å². The summed E-state index contributed by atoms with van der Waals surface area (Å²) in [5.74, 6) is 0. The van der Waals surface area contributed by atoms with Gasteiger partial charge in [-0.1, -0.05) is 68.3 Å². The molecule has 0 saturated carbocycles. The van der Waals surface area contributed by atoms with Gasteiger partial charge >= 0.3 is 0 Å². The van der Waals surface area contributed by atoms with Gasteiger partial charge in [0.25, 0.3) is 0 Å². The quantitative estimate of drug-likeness (QED) is 0.585. The molecule has 2 N–H and O–H groups in total. The molecule has 0 spiro atoms. The highest BCUT2D eigenvalue weighted by Crippen LogP contribution is 2.33. The van der Waals surface area contributed by atoms with Crippen molar-refractivity contribution in [2.24, 2.45) is 0 Å². The first kappa shape index (κ1) is 18.4. The highest BCUT2D eigenvalue weighted by molar-refractivity contribution is 6.38. The zero-order valence-electron chi connectivity index (χ0n) is 14.2. The number of allylic oxidation sites excluding steroid dienone is 3. The maximum Gasteiger partial charge on any atom is 0.0978 e. The number of rotatable bonds is 6. The lowest BCUT2D eigenvalue weighted by Crippen LogP contribution is -2.28. The molecule has 2 heterocycles. The van der Waals surface area contributed by atoms with Gasteiger partial charge in [0.1, 0.15) is 0 Å². The standard InChI is InChI=1S/C21H21ClN2O/c1-6-10-12-16-14(5)23-18(9-4)20(16)21-15(8-3)17(13-22)19(11-7-2)24(21)25/h6-13,23,25H,1-4H2,5H3/b12-10-,17-13-,19-11+. The number of halogens is 1. The van der Waals surface area contributed by atoms with E-state index in [9.17, 15) is 5.21 Å². The van der Waals surface area contributed by atoms with Gasteiger partial charge in [0, 0.05) is 38.8 Å². The van der Waals surface area contributed by atoms with Crippen molar-refractivity contribution in [1.82, 2.24) is 9.71 Å². The summed E-state index contributed by atoms with van der Waals surface area (Å²) in [6.45, 7) is 17.1. The summed E-state index contributed by atoms with van der Waals surface area (Å²) < 4.78 is 1.10. The van der Waals surface area contributed by atoms with E-state index >= 15 is 0 Å². The second-order valence-corrected chi connectivity index (χ2v) is 5.56. The van der Waals surface area contributed by atoms with E-state index in [1.165, 1.54) is 5.54 Å². The predicted molar refractivity (Wildman–Crippen MR) is 110 cm³/mol. The third kappa shape index (κ3) is 3.06. The number of H-pyrrole nitrogens is 1. The molecule has 0 aliphatic carbocycles. The van der Waals surface area contributed by atoms with Gasteiger partial charge in [-0.15, -0.1) is 0 Å². The maximum atomic E-state index is 10.8. The van der Waals surface area contributed by atoms with Crippen molar-refractivity contribution in [2.45, 2.75) is 6.92 Å². The first-order valence-corrected chi connectivity index (χ1v) is 8.13. The van der Waals surface area contributed by atoms with Crippen LogP contribution in [0.25, 0.3) is 41.1 Å². The van der Waals surface area contributed by atoms with Crippen LogP contribution in [-0.2, 0) is 0 Å². The first-order chi connectivity index (χ1) is 12.0. The van der Waals surface area contributed by atoms with E-state index < -0.39 is 0 Å². The molecule has 0 unspecified atom stereocenters. The molecule has 0 amide bonds. The van der Waals surface area contributed by atoms with E-state index in [0.29, 0.717) is 16.3 Å². The van der Waals surface area contributed by atoms with Gasteiger partial charge in [-0.2, -0.15) is 4.73 Å². The number of aryl methyl sites for hydroxylation is 1. The number of hydrogen-bond donors (Lipinski definition) is 2. The van der Waals surface area contributed by atoms with Crippen LogP contribution in [0.5, 0.6) is 0 Å². The predicted octanol–water partition coefficient (Wildman–Crippen LogP) is 4.46. The van der Waals surface area contributed by atoms with Gasteiger partial charge in [-0.25, -0.2) is 0 Å². The molecule has 0 aromatic carbocycles. The molecule has 0 bridgehead atoms. The van der Waals surface area contributed by atoms with Crippen LogP contribution in [0.2, 0.25) is 0 Å². The molecular formula is C21H21ClN2O. The minimum Gasteiger partial charge on any atom is -0.428 e. The zero-order valence-corrected chi connectivity index (χ0v) is 15.0. The highest BCUT2D eigenvalue weighted by Gasteiger charge is 2.21. The van der Waals surface area contributed by atoms with Crippen molar-refractivity contribution in [3.05, 3.63) is 77.6 Å². The monoisotopic (exact) mass is 352 g/mol. The molecule has 0 fully saturated rings.